The maximum atomic E-state index is 11.3. The Morgan fingerprint density at radius 3 is 2.89 bits per heavy atom. The van der Waals surface area contributed by atoms with Gasteiger partial charge in [0, 0.05) is 12.0 Å². The number of benzene rings is 1. The SMILES string of the molecule is O=C1OCC[C@@H]1Sc1n[nH]c(-c2ccccc2)n1. The molecule has 1 atom stereocenters. The van der Waals surface area contributed by atoms with Crippen LogP contribution in [-0.2, 0) is 9.53 Å². The van der Waals surface area contributed by atoms with Crippen LogP contribution < -0.4 is 0 Å². The Hall–Kier alpha value is -1.82. The van der Waals surface area contributed by atoms with Crippen LogP contribution in [0.1, 0.15) is 6.42 Å². The Balaban J connectivity index is 1.76. The van der Waals surface area contributed by atoms with E-state index in [1.54, 1.807) is 0 Å². The van der Waals surface area contributed by atoms with Gasteiger partial charge in [0.15, 0.2) is 5.82 Å². The van der Waals surface area contributed by atoms with Crippen molar-refractivity contribution < 1.29 is 9.53 Å². The lowest BCUT2D eigenvalue weighted by Crippen LogP contribution is -2.09. The molecule has 0 saturated carbocycles. The first-order chi connectivity index (χ1) is 8.83. The molecule has 1 saturated heterocycles. The van der Waals surface area contributed by atoms with Crippen LogP contribution in [0.2, 0.25) is 0 Å². The van der Waals surface area contributed by atoms with Crippen LogP contribution in [-0.4, -0.2) is 33.0 Å². The van der Waals surface area contributed by atoms with Gasteiger partial charge < -0.3 is 4.74 Å². The molecule has 92 valence electrons. The second-order valence-electron chi connectivity index (χ2n) is 3.90. The second kappa shape index (κ2) is 4.81. The predicted octanol–water partition coefficient (Wildman–Crippen LogP) is 1.88. The highest BCUT2D eigenvalue weighted by atomic mass is 32.2. The van der Waals surface area contributed by atoms with Crippen molar-refractivity contribution in [1.82, 2.24) is 15.2 Å². The highest BCUT2D eigenvalue weighted by Gasteiger charge is 2.28. The third-order valence-electron chi connectivity index (χ3n) is 2.65. The molecule has 0 unspecified atom stereocenters. The van der Waals surface area contributed by atoms with E-state index in [0.29, 0.717) is 17.6 Å². The molecule has 1 aromatic heterocycles. The number of nitrogens with one attached hydrogen (secondary N) is 1. The van der Waals surface area contributed by atoms with E-state index in [1.165, 1.54) is 11.8 Å². The quantitative estimate of drug-likeness (QED) is 0.854. The van der Waals surface area contributed by atoms with Crippen LogP contribution in [0.3, 0.4) is 0 Å². The minimum Gasteiger partial charge on any atom is -0.465 e. The number of rotatable bonds is 3. The van der Waals surface area contributed by atoms with Crippen LogP contribution in [0.5, 0.6) is 0 Å². The van der Waals surface area contributed by atoms with Gasteiger partial charge in [0.25, 0.3) is 0 Å². The van der Waals surface area contributed by atoms with E-state index >= 15 is 0 Å². The topological polar surface area (TPSA) is 67.9 Å². The second-order valence-corrected chi connectivity index (χ2v) is 5.07. The van der Waals surface area contributed by atoms with Crippen LogP contribution >= 0.6 is 11.8 Å². The molecule has 1 aliphatic heterocycles. The zero-order chi connectivity index (χ0) is 12.4. The van der Waals surface area contributed by atoms with Gasteiger partial charge >= 0.3 is 5.97 Å². The molecule has 2 aromatic rings. The minimum atomic E-state index is -0.176. The third-order valence-corrected chi connectivity index (χ3v) is 3.75. The number of aromatic amines is 1. The molecule has 6 heteroatoms. The lowest BCUT2D eigenvalue weighted by molar-refractivity contribution is -0.137. The molecule has 0 radical (unpaired) electrons. The monoisotopic (exact) mass is 261 g/mol. The van der Waals surface area contributed by atoms with E-state index in [2.05, 4.69) is 15.2 Å². The zero-order valence-electron chi connectivity index (χ0n) is 9.50. The van der Waals surface area contributed by atoms with E-state index in [0.717, 1.165) is 12.0 Å². The molecular formula is C12H11N3O2S. The Kier molecular flexibility index (Phi) is 3.02. The number of cyclic esters (lactones) is 1. The average Bonchev–Trinajstić information content (AvgIpc) is 3.02. The van der Waals surface area contributed by atoms with E-state index in [-0.39, 0.29) is 11.2 Å². The summed E-state index contributed by atoms with van der Waals surface area (Å²) in [5.41, 5.74) is 0.978. The van der Waals surface area contributed by atoms with Crippen LogP contribution in [0.25, 0.3) is 11.4 Å². The fourth-order valence-electron chi connectivity index (χ4n) is 1.74. The van der Waals surface area contributed by atoms with E-state index < -0.39 is 0 Å². The van der Waals surface area contributed by atoms with Gasteiger partial charge in [-0.2, -0.15) is 0 Å². The number of H-pyrrole nitrogens is 1. The number of aromatic nitrogens is 3. The van der Waals surface area contributed by atoms with Crippen molar-refractivity contribution in [3.63, 3.8) is 0 Å². The Morgan fingerprint density at radius 1 is 1.33 bits per heavy atom. The van der Waals surface area contributed by atoms with Crippen molar-refractivity contribution in [2.24, 2.45) is 0 Å². The number of carbonyl (C=O) groups excluding carboxylic acids is 1. The first kappa shape index (κ1) is 11.3. The van der Waals surface area contributed by atoms with Crippen LogP contribution in [0.4, 0.5) is 0 Å². The molecule has 0 bridgehead atoms. The van der Waals surface area contributed by atoms with Gasteiger partial charge in [0.2, 0.25) is 5.16 Å². The largest absolute Gasteiger partial charge is 0.465 e. The molecule has 18 heavy (non-hydrogen) atoms. The minimum absolute atomic E-state index is 0.175. The number of nitrogens with zero attached hydrogens (tertiary/aromatic N) is 2. The van der Waals surface area contributed by atoms with E-state index in [4.69, 9.17) is 4.74 Å². The Bertz CT molecular complexity index is 555. The van der Waals surface area contributed by atoms with Crippen molar-refractivity contribution in [3.8, 4) is 11.4 Å². The summed E-state index contributed by atoms with van der Waals surface area (Å²) in [6, 6.07) is 9.75. The van der Waals surface area contributed by atoms with E-state index in [9.17, 15) is 4.79 Å². The molecule has 1 N–H and O–H groups in total. The number of hydrogen-bond donors (Lipinski definition) is 1. The highest BCUT2D eigenvalue weighted by Crippen LogP contribution is 2.28. The molecule has 0 amide bonds. The van der Waals surface area contributed by atoms with Crippen LogP contribution in [0, 0.1) is 0 Å². The first-order valence-electron chi connectivity index (χ1n) is 5.64. The fourth-order valence-corrected chi connectivity index (χ4v) is 2.61. The number of esters is 1. The number of hydrogen-bond acceptors (Lipinski definition) is 5. The standard InChI is InChI=1S/C12H11N3O2S/c16-11-9(6-7-17-11)18-12-13-10(14-15-12)8-4-2-1-3-5-8/h1-5,9H,6-7H2,(H,13,14,15)/t9-/m0/s1. The van der Waals surface area contributed by atoms with E-state index in [1.807, 2.05) is 30.3 Å². The maximum absolute atomic E-state index is 11.3. The maximum Gasteiger partial charge on any atom is 0.319 e. The molecule has 3 rings (SSSR count). The molecule has 2 heterocycles. The van der Waals surface area contributed by atoms with Crippen molar-refractivity contribution in [2.75, 3.05) is 6.61 Å². The predicted molar refractivity (Wildman–Crippen MR) is 67.0 cm³/mol. The smallest absolute Gasteiger partial charge is 0.319 e. The van der Waals surface area contributed by atoms with Gasteiger partial charge in [-0.3, -0.25) is 9.89 Å². The Morgan fingerprint density at radius 2 is 2.17 bits per heavy atom. The first-order valence-corrected chi connectivity index (χ1v) is 6.52. The van der Waals surface area contributed by atoms with Gasteiger partial charge in [-0.25, -0.2) is 4.98 Å². The third kappa shape index (κ3) is 2.24. The highest BCUT2D eigenvalue weighted by molar-refractivity contribution is 8.00. The summed E-state index contributed by atoms with van der Waals surface area (Å²) in [4.78, 5) is 15.7. The number of ether oxygens (including phenoxy) is 1. The Labute approximate surface area is 108 Å². The number of thioether (sulfide) groups is 1. The summed E-state index contributed by atoms with van der Waals surface area (Å²) in [5.74, 6) is 0.538. The van der Waals surface area contributed by atoms with Crippen molar-refractivity contribution >= 4 is 17.7 Å². The van der Waals surface area contributed by atoms with Crippen molar-refractivity contribution in [1.29, 1.82) is 0 Å². The zero-order valence-corrected chi connectivity index (χ0v) is 10.3. The van der Waals surface area contributed by atoms with Gasteiger partial charge in [-0.15, -0.1) is 5.10 Å². The number of carbonyl (C=O) groups is 1. The summed E-state index contributed by atoms with van der Waals surface area (Å²) in [5, 5.41) is 7.39. The molecule has 0 spiro atoms. The van der Waals surface area contributed by atoms with Gasteiger partial charge in [0.05, 0.1) is 6.61 Å². The fraction of sp³-hybridized carbons (Fsp3) is 0.250. The molecule has 0 aliphatic carbocycles. The van der Waals surface area contributed by atoms with Gasteiger partial charge in [-0.05, 0) is 0 Å². The average molecular weight is 261 g/mol. The normalized spacial score (nSPS) is 18.9. The summed E-state index contributed by atoms with van der Waals surface area (Å²) < 4.78 is 4.90. The molecule has 1 aromatic carbocycles. The van der Waals surface area contributed by atoms with Gasteiger partial charge in [0.1, 0.15) is 5.25 Å². The van der Waals surface area contributed by atoms with Crippen molar-refractivity contribution in [2.45, 2.75) is 16.8 Å². The summed E-state index contributed by atoms with van der Waals surface area (Å²) >= 11 is 1.35. The van der Waals surface area contributed by atoms with Crippen molar-refractivity contribution in [3.05, 3.63) is 30.3 Å². The molecule has 1 aliphatic rings. The lowest BCUT2D eigenvalue weighted by atomic mass is 10.2. The molecule has 1 fully saturated rings. The lowest BCUT2D eigenvalue weighted by Gasteiger charge is -1.99. The van der Waals surface area contributed by atoms with Crippen LogP contribution in [0.15, 0.2) is 35.5 Å². The summed E-state index contributed by atoms with van der Waals surface area (Å²) in [6.07, 6.45) is 0.721. The molecule has 5 nitrogen and oxygen atoms in total. The van der Waals surface area contributed by atoms with Gasteiger partial charge in [-0.1, -0.05) is 42.1 Å². The molecular weight excluding hydrogens is 250 g/mol. The summed E-state index contributed by atoms with van der Waals surface area (Å²) in [7, 11) is 0. The summed E-state index contributed by atoms with van der Waals surface area (Å²) in [6.45, 7) is 0.493.